The van der Waals surface area contributed by atoms with Crippen LogP contribution in [0.15, 0.2) is 47.3 Å². The minimum absolute atomic E-state index is 0.246. The van der Waals surface area contributed by atoms with Crippen LogP contribution in [-0.4, -0.2) is 54.6 Å². The van der Waals surface area contributed by atoms with Crippen molar-refractivity contribution in [2.45, 2.75) is 44.9 Å². The molecule has 0 unspecified atom stereocenters. The molecular weight excluding hydrogens is 498 g/mol. The van der Waals surface area contributed by atoms with Crippen molar-refractivity contribution in [3.05, 3.63) is 69.6 Å². The smallest absolute Gasteiger partial charge is 0.264 e. The monoisotopic (exact) mass is 533 g/mol. The number of H-pyrrole nitrogens is 1. The Morgan fingerprint density at radius 1 is 1.08 bits per heavy atom. The van der Waals surface area contributed by atoms with Crippen LogP contribution in [0.2, 0.25) is 0 Å². The molecule has 2 amide bonds. The van der Waals surface area contributed by atoms with Crippen molar-refractivity contribution in [2.24, 2.45) is 0 Å². The number of hydrogen-bond acceptors (Lipinski definition) is 6. The fourth-order valence-corrected chi connectivity index (χ4v) is 5.24. The first kappa shape index (κ1) is 27.8. The topological polar surface area (TPSA) is 121 Å². The van der Waals surface area contributed by atoms with Crippen LogP contribution in [-0.2, 0) is 11.2 Å². The van der Waals surface area contributed by atoms with Crippen LogP contribution in [0.3, 0.4) is 0 Å². The van der Waals surface area contributed by atoms with Gasteiger partial charge < -0.3 is 29.8 Å². The van der Waals surface area contributed by atoms with Crippen LogP contribution in [0.5, 0.6) is 17.2 Å². The Balaban J connectivity index is 1.66. The number of benzene rings is 2. The molecule has 1 aromatic heterocycles. The van der Waals surface area contributed by atoms with Crippen molar-refractivity contribution in [3.8, 4) is 28.4 Å². The molecule has 0 aliphatic carbocycles. The summed E-state index contributed by atoms with van der Waals surface area (Å²) in [6.07, 6.45) is 4.25. The number of methoxy groups -OCH3 is 2. The molecule has 0 spiro atoms. The van der Waals surface area contributed by atoms with Gasteiger partial charge in [-0.25, -0.2) is 0 Å². The summed E-state index contributed by atoms with van der Waals surface area (Å²) in [5.74, 6) is 0.301. The molecule has 9 nitrogen and oxygen atoms in total. The lowest BCUT2D eigenvalue weighted by Crippen LogP contribution is -2.40. The Morgan fingerprint density at radius 3 is 2.28 bits per heavy atom. The van der Waals surface area contributed by atoms with Crippen molar-refractivity contribution in [2.75, 3.05) is 32.6 Å². The molecule has 1 aliphatic heterocycles. The van der Waals surface area contributed by atoms with Crippen LogP contribution < -0.4 is 20.3 Å². The lowest BCUT2D eigenvalue weighted by molar-refractivity contribution is -0.105. The predicted molar refractivity (Wildman–Crippen MR) is 150 cm³/mol. The zero-order valence-electron chi connectivity index (χ0n) is 22.6. The van der Waals surface area contributed by atoms with Gasteiger partial charge >= 0.3 is 0 Å². The van der Waals surface area contributed by atoms with Gasteiger partial charge in [0.05, 0.1) is 25.3 Å². The van der Waals surface area contributed by atoms with Gasteiger partial charge in [-0.15, -0.1) is 0 Å². The minimum Gasteiger partial charge on any atom is -0.506 e. The third kappa shape index (κ3) is 5.77. The van der Waals surface area contributed by atoms with Gasteiger partial charge in [0.25, 0.3) is 11.5 Å². The molecule has 0 radical (unpaired) electrons. The summed E-state index contributed by atoms with van der Waals surface area (Å²) in [7, 11) is 3.05. The molecule has 3 N–H and O–H groups in total. The van der Waals surface area contributed by atoms with Crippen molar-refractivity contribution >= 4 is 18.0 Å². The Labute approximate surface area is 227 Å². The van der Waals surface area contributed by atoms with E-state index in [2.05, 4.69) is 10.3 Å². The fourth-order valence-electron chi connectivity index (χ4n) is 5.24. The SMILES string of the molecule is CCCCc1[nH]c(=O)c(C(=O)N2CCC(c3ccc(NC=O)cc3)CC2)c(O)c1-c1c(OC)cccc1OC. The number of anilines is 1. The highest BCUT2D eigenvalue weighted by atomic mass is 16.5. The Hall–Kier alpha value is -4.27. The van der Waals surface area contributed by atoms with Gasteiger partial charge in [-0.2, -0.15) is 0 Å². The van der Waals surface area contributed by atoms with Gasteiger partial charge in [-0.1, -0.05) is 31.5 Å². The average Bonchev–Trinajstić information content (AvgIpc) is 2.96. The summed E-state index contributed by atoms with van der Waals surface area (Å²) >= 11 is 0. The number of piperidine rings is 1. The third-order valence-electron chi connectivity index (χ3n) is 7.33. The van der Waals surface area contributed by atoms with Gasteiger partial charge in [0.15, 0.2) is 0 Å². The van der Waals surface area contributed by atoms with Crippen LogP contribution >= 0.6 is 0 Å². The fraction of sp³-hybridized carbons (Fsp3) is 0.367. The van der Waals surface area contributed by atoms with E-state index >= 15 is 0 Å². The molecule has 1 saturated heterocycles. The largest absolute Gasteiger partial charge is 0.506 e. The van der Waals surface area contributed by atoms with E-state index < -0.39 is 11.5 Å². The number of aromatic hydroxyl groups is 1. The van der Waals surface area contributed by atoms with Gasteiger partial charge in [-0.05, 0) is 61.4 Å². The summed E-state index contributed by atoms with van der Waals surface area (Å²) in [5, 5.41) is 14.2. The number of amides is 2. The zero-order valence-corrected chi connectivity index (χ0v) is 22.6. The molecular formula is C30H35N3O6. The molecule has 1 aliphatic rings. The number of unbranched alkanes of at least 4 members (excludes halogenated alkanes) is 1. The highest BCUT2D eigenvalue weighted by molar-refractivity contribution is 6.00. The molecule has 2 aromatic carbocycles. The van der Waals surface area contributed by atoms with Crippen LogP contribution in [0.25, 0.3) is 11.1 Å². The number of aromatic nitrogens is 1. The molecule has 3 aromatic rings. The molecule has 0 saturated carbocycles. The standard InChI is InChI=1S/C30H35N3O6/c1-4-5-7-22-25(26-23(38-2)8-6-9-24(26)39-3)28(35)27(29(36)32-22)30(37)33-16-14-20(15-17-33)19-10-12-21(13-11-19)31-18-34/h6,8-13,18,20H,4-5,7,14-17H2,1-3H3,(H,31,34)(H2,32,35,36). The molecule has 2 heterocycles. The number of nitrogens with one attached hydrogen (secondary N) is 2. The van der Waals surface area contributed by atoms with Gasteiger partial charge in [0.1, 0.15) is 22.8 Å². The number of carbonyl (C=O) groups excluding carboxylic acids is 2. The lowest BCUT2D eigenvalue weighted by atomic mass is 9.89. The van der Waals surface area contributed by atoms with Gasteiger partial charge in [-0.3, -0.25) is 14.4 Å². The summed E-state index contributed by atoms with van der Waals surface area (Å²) in [6, 6.07) is 12.9. The number of ether oxygens (including phenoxy) is 2. The number of pyridine rings is 1. The van der Waals surface area contributed by atoms with Gasteiger partial charge in [0, 0.05) is 24.5 Å². The highest BCUT2D eigenvalue weighted by Gasteiger charge is 2.31. The summed E-state index contributed by atoms with van der Waals surface area (Å²) in [4.78, 5) is 42.0. The Bertz CT molecular complexity index is 1350. The van der Waals surface area contributed by atoms with Crippen molar-refractivity contribution < 1.29 is 24.2 Å². The molecule has 9 heteroatoms. The van der Waals surface area contributed by atoms with E-state index in [9.17, 15) is 19.5 Å². The van der Waals surface area contributed by atoms with Crippen molar-refractivity contribution in [3.63, 3.8) is 0 Å². The van der Waals surface area contributed by atoms with Crippen LogP contribution in [0.4, 0.5) is 5.69 Å². The number of likely N-dealkylation sites (tertiary alicyclic amines) is 1. The van der Waals surface area contributed by atoms with Crippen molar-refractivity contribution in [1.82, 2.24) is 9.88 Å². The van der Waals surface area contributed by atoms with Crippen molar-refractivity contribution in [1.29, 1.82) is 0 Å². The Morgan fingerprint density at radius 2 is 1.72 bits per heavy atom. The highest BCUT2D eigenvalue weighted by Crippen LogP contribution is 2.45. The maximum Gasteiger partial charge on any atom is 0.264 e. The second-order valence-corrected chi connectivity index (χ2v) is 9.62. The van der Waals surface area contributed by atoms with E-state index in [1.807, 2.05) is 31.2 Å². The molecule has 0 atom stereocenters. The summed E-state index contributed by atoms with van der Waals surface area (Å²) in [6.45, 7) is 2.93. The molecule has 0 bridgehead atoms. The first-order chi connectivity index (χ1) is 18.9. The van der Waals surface area contributed by atoms with E-state index in [-0.39, 0.29) is 17.2 Å². The summed E-state index contributed by atoms with van der Waals surface area (Å²) < 4.78 is 11.2. The first-order valence-electron chi connectivity index (χ1n) is 13.2. The zero-order chi connectivity index (χ0) is 27.9. The number of hydrogen-bond donors (Lipinski definition) is 3. The molecule has 1 fully saturated rings. The quantitative estimate of drug-likeness (QED) is 0.325. The molecule has 39 heavy (non-hydrogen) atoms. The summed E-state index contributed by atoms with van der Waals surface area (Å²) in [5.41, 5.74) is 2.33. The van der Waals surface area contributed by atoms with E-state index in [0.29, 0.717) is 67.1 Å². The third-order valence-corrected chi connectivity index (χ3v) is 7.33. The molecule has 206 valence electrons. The number of rotatable bonds is 10. The first-order valence-corrected chi connectivity index (χ1v) is 13.2. The average molecular weight is 534 g/mol. The number of aryl methyl sites for hydroxylation is 1. The molecule has 4 rings (SSSR count). The van der Waals surface area contributed by atoms with E-state index in [1.165, 1.54) is 14.2 Å². The van der Waals surface area contributed by atoms with E-state index in [4.69, 9.17) is 9.47 Å². The predicted octanol–water partition coefficient (Wildman–Crippen LogP) is 4.70. The van der Waals surface area contributed by atoms with E-state index in [1.54, 1.807) is 23.1 Å². The second-order valence-electron chi connectivity index (χ2n) is 9.62. The number of aromatic amines is 1. The number of carbonyl (C=O) groups is 2. The van der Waals surface area contributed by atoms with Crippen LogP contribution in [0.1, 0.15) is 60.1 Å². The maximum absolute atomic E-state index is 13.7. The lowest BCUT2D eigenvalue weighted by Gasteiger charge is -2.32. The second kappa shape index (κ2) is 12.5. The van der Waals surface area contributed by atoms with Gasteiger partial charge in [0.2, 0.25) is 6.41 Å². The Kier molecular flexibility index (Phi) is 8.91. The minimum atomic E-state index is -0.610. The normalized spacial score (nSPS) is 13.7. The van der Waals surface area contributed by atoms with Crippen LogP contribution in [0, 0.1) is 0 Å². The maximum atomic E-state index is 13.7. The number of nitrogens with zero attached hydrogens (tertiary/aromatic N) is 1. The van der Waals surface area contributed by atoms with E-state index in [0.717, 1.165) is 24.1 Å².